The summed E-state index contributed by atoms with van der Waals surface area (Å²) in [6.07, 6.45) is 1.99. The number of hydrogen-bond donors (Lipinski definition) is 0. The van der Waals surface area contributed by atoms with Gasteiger partial charge in [-0.1, -0.05) is 18.2 Å². The summed E-state index contributed by atoms with van der Waals surface area (Å²) in [7, 11) is 0. The molecule has 1 aromatic heterocycles. The highest BCUT2D eigenvalue weighted by Gasteiger charge is 2.27. The molecule has 1 aromatic carbocycles. The monoisotopic (exact) mass is 243 g/mol. The first-order chi connectivity index (χ1) is 8.29. The summed E-state index contributed by atoms with van der Waals surface area (Å²) in [5.41, 5.74) is 2.67. The van der Waals surface area contributed by atoms with Gasteiger partial charge < -0.3 is 4.90 Å². The molecule has 0 saturated heterocycles. The molecule has 0 aliphatic carbocycles. The fraction of sp³-hybridized carbons (Fsp3) is 0.214. The molecule has 0 bridgehead atoms. The van der Waals surface area contributed by atoms with Crippen LogP contribution in [0.15, 0.2) is 36.4 Å². The molecule has 2 nitrogen and oxygen atoms in total. The Morgan fingerprint density at radius 2 is 2.12 bits per heavy atom. The topological polar surface area (TPSA) is 20.3 Å². The summed E-state index contributed by atoms with van der Waals surface area (Å²) in [6, 6.07) is 12.9. The first-order valence-electron chi connectivity index (χ1n) is 5.72. The second-order valence-electron chi connectivity index (χ2n) is 4.35. The van der Waals surface area contributed by atoms with Crippen LogP contribution in [0.3, 0.4) is 0 Å². The molecule has 0 radical (unpaired) electrons. The predicted molar refractivity (Wildman–Crippen MR) is 71.5 cm³/mol. The zero-order valence-electron chi connectivity index (χ0n) is 9.59. The molecule has 0 spiro atoms. The Bertz CT molecular complexity index is 561. The number of fused-ring (bicyclic) bond motifs is 1. The van der Waals surface area contributed by atoms with Crippen LogP contribution in [0.4, 0.5) is 10.7 Å². The van der Waals surface area contributed by atoms with E-state index >= 15 is 0 Å². The maximum absolute atomic E-state index is 10.8. The average molecular weight is 243 g/mol. The van der Waals surface area contributed by atoms with Crippen LogP contribution in [0.2, 0.25) is 0 Å². The summed E-state index contributed by atoms with van der Waals surface area (Å²) < 4.78 is 0. The minimum atomic E-state index is 0.463. The quantitative estimate of drug-likeness (QED) is 0.750. The van der Waals surface area contributed by atoms with Gasteiger partial charge in [-0.2, -0.15) is 0 Å². The second kappa shape index (κ2) is 4.00. The molecule has 0 amide bonds. The highest BCUT2D eigenvalue weighted by Crippen LogP contribution is 2.40. The molecular weight excluding hydrogens is 230 g/mol. The van der Waals surface area contributed by atoms with Crippen LogP contribution < -0.4 is 4.90 Å². The molecule has 1 aliphatic heterocycles. The summed E-state index contributed by atoms with van der Waals surface area (Å²) in [6.45, 7) is 2.22. The fourth-order valence-electron chi connectivity index (χ4n) is 2.44. The predicted octanol–water partition coefficient (Wildman–Crippen LogP) is 3.64. The normalized spacial score (nSPS) is 18.2. The number of anilines is 2. The van der Waals surface area contributed by atoms with Gasteiger partial charge >= 0.3 is 0 Å². The summed E-state index contributed by atoms with van der Waals surface area (Å²) >= 11 is 1.56. The molecule has 17 heavy (non-hydrogen) atoms. The largest absolute Gasteiger partial charge is 0.330 e. The number of thiophene rings is 1. The minimum absolute atomic E-state index is 0.463. The Morgan fingerprint density at radius 1 is 1.29 bits per heavy atom. The minimum Gasteiger partial charge on any atom is -0.330 e. The zero-order valence-corrected chi connectivity index (χ0v) is 10.4. The van der Waals surface area contributed by atoms with Crippen molar-refractivity contribution in [3.63, 3.8) is 0 Å². The highest BCUT2D eigenvalue weighted by atomic mass is 32.1. The van der Waals surface area contributed by atoms with E-state index in [0.29, 0.717) is 6.04 Å². The van der Waals surface area contributed by atoms with E-state index in [-0.39, 0.29) is 0 Å². The lowest BCUT2D eigenvalue weighted by atomic mass is 10.1. The molecule has 1 aliphatic rings. The maximum Gasteiger partial charge on any atom is 0.160 e. The smallest absolute Gasteiger partial charge is 0.160 e. The lowest BCUT2D eigenvalue weighted by Gasteiger charge is -2.22. The average Bonchev–Trinajstić information content (AvgIpc) is 2.91. The standard InChI is InChI=1S/C14H13NOS/c1-10-8-11-4-2-3-5-13(11)15(10)14-7-6-12(9-16)17-14/h2-7,9-10H,8H2,1H3. The van der Waals surface area contributed by atoms with Crippen molar-refractivity contribution in [2.45, 2.75) is 19.4 Å². The van der Waals surface area contributed by atoms with Crippen molar-refractivity contribution in [1.29, 1.82) is 0 Å². The molecule has 2 heterocycles. The third-order valence-electron chi connectivity index (χ3n) is 3.17. The van der Waals surface area contributed by atoms with Crippen LogP contribution >= 0.6 is 11.3 Å². The number of para-hydroxylation sites is 1. The van der Waals surface area contributed by atoms with Crippen molar-refractivity contribution in [1.82, 2.24) is 0 Å². The number of rotatable bonds is 2. The Kier molecular flexibility index (Phi) is 2.48. The van der Waals surface area contributed by atoms with Crippen molar-refractivity contribution < 1.29 is 4.79 Å². The molecular formula is C14H13NOS. The SMILES string of the molecule is CC1Cc2ccccc2N1c1ccc(C=O)s1. The van der Waals surface area contributed by atoms with E-state index in [1.54, 1.807) is 11.3 Å². The molecule has 86 valence electrons. The first kappa shape index (κ1) is 10.5. The summed E-state index contributed by atoms with van der Waals surface area (Å²) in [4.78, 5) is 13.9. The number of aldehydes is 1. The summed E-state index contributed by atoms with van der Waals surface area (Å²) in [5.74, 6) is 0. The lowest BCUT2D eigenvalue weighted by molar-refractivity contribution is 0.112. The molecule has 1 unspecified atom stereocenters. The highest BCUT2D eigenvalue weighted by molar-refractivity contribution is 7.17. The van der Waals surface area contributed by atoms with Gasteiger partial charge in [-0.25, -0.2) is 0 Å². The van der Waals surface area contributed by atoms with Crippen molar-refractivity contribution in [2.24, 2.45) is 0 Å². The fourth-order valence-corrected chi connectivity index (χ4v) is 3.37. The van der Waals surface area contributed by atoms with Crippen molar-refractivity contribution >= 4 is 28.3 Å². The molecule has 3 heteroatoms. The van der Waals surface area contributed by atoms with Gasteiger partial charge in [-0.15, -0.1) is 11.3 Å². The molecule has 2 aromatic rings. The van der Waals surface area contributed by atoms with Gasteiger partial charge in [0.2, 0.25) is 0 Å². The van der Waals surface area contributed by atoms with Gasteiger partial charge in [0.25, 0.3) is 0 Å². The maximum atomic E-state index is 10.8. The van der Waals surface area contributed by atoms with Crippen LogP contribution in [0.25, 0.3) is 0 Å². The molecule has 0 N–H and O–H groups in total. The van der Waals surface area contributed by atoms with E-state index in [1.807, 2.05) is 12.1 Å². The Morgan fingerprint density at radius 3 is 2.88 bits per heavy atom. The lowest BCUT2D eigenvalue weighted by Crippen LogP contribution is -2.22. The van der Waals surface area contributed by atoms with Crippen LogP contribution in [-0.4, -0.2) is 12.3 Å². The molecule has 0 fully saturated rings. The molecule has 1 atom stereocenters. The number of carbonyl (C=O) groups is 1. The molecule has 0 saturated carbocycles. The summed E-state index contributed by atoms with van der Waals surface area (Å²) in [5, 5.41) is 1.16. The van der Waals surface area contributed by atoms with Crippen LogP contribution in [-0.2, 0) is 6.42 Å². The number of benzene rings is 1. The van der Waals surface area contributed by atoms with E-state index in [1.165, 1.54) is 11.3 Å². The van der Waals surface area contributed by atoms with Crippen molar-refractivity contribution in [2.75, 3.05) is 4.90 Å². The second-order valence-corrected chi connectivity index (χ2v) is 5.44. The Balaban J connectivity index is 2.05. The first-order valence-corrected chi connectivity index (χ1v) is 6.53. The molecule has 3 rings (SSSR count). The number of carbonyl (C=O) groups excluding carboxylic acids is 1. The van der Waals surface area contributed by atoms with Crippen LogP contribution in [0, 0.1) is 0 Å². The van der Waals surface area contributed by atoms with Gasteiger partial charge in [-0.05, 0) is 37.1 Å². The van der Waals surface area contributed by atoms with E-state index < -0.39 is 0 Å². The van der Waals surface area contributed by atoms with Crippen molar-refractivity contribution in [3.05, 3.63) is 46.8 Å². The Hall–Kier alpha value is -1.61. The van der Waals surface area contributed by atoms with Gasteiger partial charge in [-0.3, -0.25) is 4.79 Å². The Labute approximate surface area is 105 Å². The van der Waals surface area contributed by atoms with E-state index in [9.17, 15) is 4.79 Å². The van der Waals surface area contributed by atoms with Gasteiger partial charge in [0, 0.05) is 11.7 Å². The third kappa shape index (κ3) is 1.67. The number of nitrogens with zero attached hydrogens (tertiary/aromatic N) is 1. The van der Waals surface area contributed by atoms with Crippen molar-refractivity contribution in [3.8, 4) is 0 Å². The third-order valence-corrected chi connectivity index (χ3v) is 4.18. The van der Waals surface area contributed by atoms with Gasteiger partial charge in [0.15, 0.2) is 6.29 Å². The van der Waals surface area contributed by atoms with E-state index in [0.717, 1.165) is 22.6 Å². The van der Waals surface area contributed by atoms with E-state index in [4.69, 9.17) is 0 Å². The van der Waals surface area contributed by atoms with Gasteiger partial charge in [0.1, 0.15) is 0 Å². The van der Waals surface area contributed by atoms with E-state index in [2.05, 4.69) is 36.1 Å². The van der Waals surface area contributed by atoms with Gasteiger partial charge in [0.05, 0.1) is 9.88 Å². The van der Waals surface area contributed by atoms with Crippen LogP contribution in [0.5, 0.6) is 0 Å². The number of hydrogen-bond acceptors (Lipinski definition) is 3. The zero-order chi connectivity index (χ0) is 11.8. The van der Waals surface area contributed by atoms with Crippen LogP contribution in [0.1, 0.15) is 22.2 Å².